The number of hydrogen-bond acceptors (Lipinski definition) is 6. The molecule has 4 aromatic rings. The van der Waals surface area contributed by atoms with Gasteiger partial charge in [-0.3, -0.25) is 19.1 Å². The molecule has 188 valence electrons. The summed E-state index contributed by atoms with van der Waals surface area (Å²) in [5.41, 5.74) is 2.02. The van der Waals surface area contributed by atoms with Crippen LogP contribution < -0.4 is 21.1 Å². The number of anilines is 1. The van der Waals surface area contributed by atoms with Gasteiger partial charge in [-0.1, -0.05) is 18.2 Å². The minimum Gasteiger partial charge on any atom is -0.359 e. The Kier molecular flexibility index (Phi) is 7.18. The summed E-state index contributed by atoms with van der Waals surface area (Å²) in [4.78, 5) is 42.1. The van der Waals surface area contributed by atoms with Crippen LogP contribution in [0.4, 0.5) is 5.82 Å². The van der Waals surface area contributed by atoms with E-state index in [4.69, 9.17) is 0 Å². The Morgan fingerprint density at radius 3 is 2.53 bits per heavy atom. The van der Waals surface area contributed by atoms with Gasteiger partial charge in [-0.15, -0.1) is 5.10 Å². The second-order valence-electron chi connectivity index (χ2n) is 8.57. The van der Waals surface area contributed by atoms with Gasteiger partial charge in [-0.05, 0) is 37.6 Å². The third kappa shape index (κ3) is 4.99. The highest BCUT2D eigenvalue weighted by atomic mass is 16.2. The number of fused-ring (bicyclic) bond motifs is 1. The van der Waals surface area contributed by atoms with Crippen LogP contribution in [0.5, 0.6) is 0 Å². The molecule has 5 rings (SSSR count). The lowest BCUT2D eigenvalue weighted by Crippen LogP contribution is -2.39. The number of nitrogens with zero attached hydrogens (tertiary/aromatic N) is 6. The fourth-order valence-corrected chi connectivity index (χ4v) is 4.15. The molecule has 2 N–H and O–H groups in total. The molecule has 0 unspecified atom stereocenters. The van der Waals surface area contributed by atoms with E-state index in [2.05, 4.69) is 25.6 Å². The van der Waals surface area contributed by atoms with Crippen molar-refractivity contribution < 1.29 is 9.59 Å². The van der Waals surface area contributed by atoms with Gasteiger partial charge < -0.3 is 15.5 Å². The number of nitrogens with one attached hydrogen (secondary N) is 2. The molecule has 0 spiro atoms. The quantitative estimate of drug-likeness (QED) is 0.445. The van der Waals surface area contributed by atoms with Crippen LogP contribution in [0, 0.1) is 6.92 Å². The molecule has 1 aromatic carbocycles. The van der Waals surface area contributed by atoms with E-state index in [1.807, 2.05) is 48.7 Å². The van der Waals surface area contributed by atoms with Crippen LogP contribution in [-0.4, -0.2) is 62.0 Å². The zero-order chi connectivity index (χ0) is 25.8. The van der Waals surface area contributed by atoms with Crippen LogP contribution in [0.2, 0.25) is 0 Å². The van der Waals surface area contributed by atoms with Gasteiger partial charge in [0.15, 0.2) is 5.65 Å². The van der Waals surface area contributed by atoms with Gasteiger partial charge in [0.25, 0.3) is 11.5 Å². The fraction of sp³-hybridized carbons (Fsp3) is 0.320. The van der Waals surface area contributed by atoms with E-state index >= 15 is 0 Å². The van der Waals surface area contributed by atoms with Gasteiger partial charge in [0.05, 0.1) is 11.4 Å². The first-order chi connectivity index (χ1) is 17.3. The van der Waals surface area contributed by atoms with Crippen LogP contribution in [0.15, 0.2) is 59.7 Å². The Morgan fingerprint density at radius 2 is 1.83 bits per heavy atom. The Morgan fingerprint density at radius 1 is 1.11 bits per heavy atom. The van der Waals surface area contributed by atoms with Crippen LogP contribution >= 0.6 is 0 Å². The predicted octanol–water partition coefficient (Wildman–Crippen LogP) is 1.29. The monoisotopic (exact) mass is 490 g/mol. The molecule has 1 aliphatic rings. The normalized spacial score (nSPS) is 14.9. The molecular weight excluding hydrogens is 460 g/mol. The number of aromatic nitrogens is 5. The lowest BCUT2D eigenvalue weighted by molar-refractivity contribution is -0.118. The van der Waals surface area contributed by atoms with Gasteiger partial charge in [0.1, 0.15) is 11.4 Å². The third-order valence-electron chi connectivity index (χ3n) is 6.22. The van der Waals surface area contributed by atoms with E-state index in [1.165, 1.54) is 11.6 Å². The molecule has 0 saturated carbocycles. The maximum Gasteiger partial charge on any atom is 0.284 e. The molecule has 1 saturated heterocycles. The lowest BCUT2D eigenvalue weighted by Gasteiger charge is -2.17. The van der Waals surface area contributed by atoms with Crippen molar-refractivity contribution in [1.82, 2.24) is 34.6 Å². The van der Waals surface area contributed by atoms with Crippen molar-refractivity contribution in [3.05, 3.63) is 76.5 Å². The molecule has 1 fully saturated rings. The van der Waals surface area contributed by atoms with Gasteiger partial charge in [-0.2, -0.15) is 0 Å². The number of carbonyl (C=O) groups excluding carboxylic acids is 2. The number of imidazole rings is 1. The summed E-state index contributed by atoms with van der Waals surface area (Å²) in [6.45, 7) is 4.68. The largest absolute Gasteiger partial charge is 0.359 e. The Balaban J connectivity index is 0.000000556. The molecule has 36 heavy (non-hydrogen) atoms. The number of amides is 2. The first kappa shape index (κ1) is 24.7. The summed E-state index contributed by atoms with van der Waals surface area (Å²) in [6.07, 6.45) is 4.31. The molecule has 1 aliphatic heterocycles. The first-order valence-corrected chi connectivity index (χ1v) is 11.7. The molecule has 0 bridgehead atoms. The highest BCUT2D eigenvalue weighted by Gasteiger charge is 2.28. The van der Waals surface area contributed by atoms with E-state index < -0.39 is 0 Å². The molecule has 1 atom stereocenters. The predicted molar refractivity (Wildman–Crippen MR) is 137 cm³/mol. The molecule has 4 heterocycles. The van der Waals surface area contributed by atoms with Crippen molar-refractivity contribution in [1.29, 1.82) is 0 Å². The maximum atomic E-state index is 13.1. The SMILES string of the molecule is CNC(C)=O.Cc1c(C(=O)N[C@H]2CCN(c3ccc4nccn4n3)C2)c(=O)n(-c2ccccc2)n1C. The first-order valence-electron chi connectivity index (χ1n) is 11.7. The number of benzene rings is 1. The summed E-state index contributed by atoms with van der Waals surface area (Å²) in [5.74, 6) is 0.507. The van der Waals surface area contributed by atoms with Crippen LogP contribution in [0.1, 0.15) is 29.4 Å². The van der Waals surface area contributed by atoms with Gasteiger partial charge in [-0.25, -0.2) is 14.2 Å². The summed E-state index contributed by atoms with van der Waals surface area (Å²) in [5, 5.41) is 10.0. The van der Waals surface area contributed by atoms with Gasteiger partial charge in [0, 0.05) is 52.5 Å². The fourth-order valence-electron chi connectivity index (χ4n) is 4.15. The van der Waals surface area contributed by atoms with E-state index in [0.717, 1.165) is 30.1 Å². The Hall–Kier alpha value is -4.41. The maximum absolute atomic E-state index is 13.1. The van der Waals surface area contributed by atoms with Gasteiger partial charge >= 0.3 is 0 Å². The standard InChI is InChI=1S/C22H23N7O2.C3H7NO/c1-15-20(22(31)29(26(15)2)17-6-4-3-5-7-17)21(30)24-16-10-12-27(14-16)19-9-8-18-23-11-13-28(18)25-19;1-3(5)4-2/h3-9,11,13,16H,10,12,14H2,1-2H3,(H,24,30);1-2H3,(H,4,5)/t16-;/m0./s1. The van der Waals surface area contributed by atoms with Crippen molar-refractivity contribution in [2.24, 2.45) is 7.05 Å². The van der Waals surface area contributed by atoms with Crippen molar-refractivity contribution >= 4 is 23.3 Å². The van der Waals surface area contributed by atoms with Crippen molar-refractivity contribution in [3.8, 4) is 5.69 Å². The second-order valence-corrected chi connectivity index (χ2v) is 8.57. The third-order valence-corrected chi connectivity index (χ3v) is 6.22. The number of rotatable bonds is 4. The summed E-state index contributed by atoms with van der Waals surface area (Å²) >= 11 is 0. The number of hydrogen-bond donors (Lipinski definition) is 2. The molecule has 0 radical (unpaired) electrons. The summed E-state index contributed by atoms with van der Waals surface area (Å²) in [7, 11) is 3.39. The van der Waals surface area contributed by atoms with Crippen molar-refractivity contribution in [2.45, 2.75) is 26.3 Å². The zero-order valence-electron chi connectivity index (χ0n) is 20.8. The van der Waals surface area contributed by atoms with Crippen LogP contribution in [0.3, 0.4) is 0 Å². The van der Waals surface area contributed by atoms with E-state index in [9.17, 15) is 14.4 Å². The summed E-state index contributed by atoms with van der Waals surface area (Å²) < 4.78 is 4.98. The Labute approximate surface area is 208 Å². The molecule has 0 aliphatic carbocycles. The molecule has 3 aromatic heterocycles. The minimum atomic E-state index is -0.336. The molecule has 11 heteroatoms. The summed E-state index contributed by atoms with van der Waals surface area (Å²) in [6, 6.07) is 13.1. The van der Waals surface area contributed by atoms with Crippen molar-refractivity contribution in [3.63, 3.8) is 0 Å². The van der Waals surface area contributed by atoms with Gasteiger partial charge in [0.2, 0.25) is 5.91 Å². The smallest absolute Gasteiger partial charge is 0.284 e. The van der Waals surface area contributed by atoms with Crippen LogP contribution in [0.25, 0.3) is 11.3 Å². The zero-order valence-corrected chi connectivity index (χ0v) is 20.8. The van der Waals surface area contributed by atoms with E-state index in [-0.39, 0.29) is 29.0 Å². The molecule has 2 amide bonds. The van der Waals surface area contributed by atoms with Crippen LogP contribution in [-0.2, 0) is 11.8 Å². The lowest BCUT2D eigenvalue weighted by atomic mass is 10.2. The molecule has 11 nitrogen and oxygen atoms in total. The van der Waals surface area contributed by atoms with E-state index in [0.29, 0.717) is 12.2 Å². The highest BCUT2D eigenvalue weighted by Crippen LogP contribution is 2.19. The van der Waals surface area contributed by atoms with E-state index in [1.54, 1.807) is 36.4 Å². The molecular formula is C25H30N8O3. The average Bonchev–Trinajstić information content (AvgIpc) is 3.58. The van der Waals surface area contributed by atoms with Crippen molar-refractivity contribution in [2.75, 3.05) is 25.0 Å². The number of carbonyl (C=O) groups is 2. The Bertz CT molecular complexity index is 1440. The average molecular weight is 491 g/mol. The second kappa shape index (κ2) is 10.5. The minimum absolute atomic E-state index is 0.00463. The topological polar surface area (TPSA) is 119 Å². The number of para-hydroxylation sites is 1. The highest BCUT2D eigenvalue weighted by molar-refractivity contribution is 5.95.